The molecule has 25 heavy (non-hydrogen) atoms. The maximum atomic E-state index is 11.7. The summed E-state index contributed by atoms with van der Waals surface area (Å²) in [6.45, 7) is -0.114. The first-order valence-electron chi connectivity index (χ1n) is 7.06. The number of non-ortho nitro benzene ring substituents is 1. The van der Waals surface area contributed by atoms with Crippen molar-refractivity contribution < 1.29 is 19.0 Å². The summed E-state index contributed by atoms with van der Waals surface area (Å²) in [4.78, 5) is 25.9. The van der Waals surface area contributed by atoms with Gasteiger partial charge in [0, 0.05) is 23.6 Å². The Labute approximate surface area is 145 Å². The lowest BCUT2D eigenvalue weighted by atomic mass is 10.2. The normalized spacial score (nSPS) is 10.9. The molecule has 0 spiro atoms. The summed E-state index contributed by atoms with van der Waals surface area (Å²) in [5, 5.41) is 18.1. The van der Waals surface area contributed by atoms with Crippen LogP contribution in [0.25, 0.3) is 17.5 Å². The third-order valence-electron chi connectivity index (χ3n) is 3.10. The highest BCUT2D eigenvalue weighted by atomic mass is 32.1. The molecule has 0 N–H and O–H groups in total. The van der Waals surface area contributed by atoms with Crippen molar-refractivity contribution in [3.05, 3.63) is 68.7 Å². The van der Waals surface area contributed by atoms with Gasteiger partial charge in [0.2, 0.25) is 5.82 Å². The summed E-state index contributed by atoms with van der Waals surface area (Å²) in [6, 6.07) is 7.63. The van der Waals surface area contributed by atoms with E-state index in [4.69, 9.17) is 9.26 Å². The zero-order valence-corrected chi connectivity index (χ0v) is 13.5. The van der Waals surface area contributed by atoms with Crippen LogP contribution in [-0.2, 0) is 16.1 Å². The second kappa shape index (κ2) is 7.49. The van der Waals surface area contributed by atoms with Crippen molar-refractivity contribution in [3.8, 4) is 11.5 Å². The van der Waals surface area contributed by atoms with E-state index in [1.807, 2.05) is 16.8 Å². The van der Waals surface area contributed by atoms with E-state index in [2.05, 4.69) is 10.1 Å². The first-order chi connectivity index (χ1) is 12.1. The minimum atomic E-state index is -0.583. The number of ether oxygens (including phenoxy) is 1. The monoisotopic (exact) mass is 357 g/mol. The lowest BCUT2D eigenvalue weighted by molar-refractivity contribution is -0.384. The Balaban J connectivity index is 1.53. The van der Waals surface area contributed by atoms with Crippen LogP contribution in [0.5, 0.6) is 0 Å². The van der Waals surface area contributed by atoms with Gasteiger partial charge >= 0.3 is 5.97 Å². The van der Waals surface area contributed by atoms with Crippen LogP contribution in [0.3, 0.4) is 0 Å². The molecular formula is C16H11N3O5S. The van der Waals surface area contributed by atoms with Crippen LogP contribution in [0.4, 0.5) is 5.69 Å². The molecule has 126 valence electrons. The molecule has 3 rings (SSSR count). The fourth-order valence-electron chi connectivity index (χ4n) is 1.87. The molecule has 0 saturated heterocycles. The summed E-state index contributed by atoms with van der Waals surface area (Å²) in [5.41, 5.74) is 1.44. The molecule has 0 amide bonds. The lowest BCUT2D eigenvalue weighted by Gasteiger charge is -1.97. The Hall–Kier alpha value is -3.33. The average Bonchev–Trinajstić information content (AvgIpc) is 3.29. The molecule has 9 heteroatoms. The van der Waals surface area contributed by atoms with Crippen molar-refractivity contribution in [3.63, 3.8) is 0 Å². The molecule has 0 fully saturated rings. The van der Waals surface area contributed by atoms with Crippen molar-refractivity contribution in [1.82, 2.24) is 10.1 Å². The molecule has 3 aromatic rings. The van der Waals surface area contributed by atoms with E-state index < -0.39 is 10.9 Å². The lowest BCUT2D eigenvalue weighted by Crippen LogP contribution is -2.02. The number of thiophene rings is 1. The Morgan fingerprint density at radius 3 is 2.80 bits per heavy atom. The van der Waals surface area contributed by atoms with Crippen LogP contribution in [0.2, 0.25) is 0 Å². The third kappa shape index (κ3) is 4.36. The quantitative estimate of drug-likeness (QED) is 0.288. The van der Waals surface area contributed by atoms with E-state index in [1.54, 1.807) is 0 Å². The second-order valence-corrected chi connectivity index (χ2v) is 5.60. The van der Waals surface area contributed by atoms with Crippen LogP contribution in [0, 0.1) is 10.1 Å². The van der Waals surface area contributed by atoms with Gasteiger partial charge in [0.1, 0.15) is 0 Å². The molecule has 0 aliphatic heterocycles. The van der Waals surface area contributed by atoms with Crippen LogP contribution >= 0.6 is 11.3 Å². The van der Waals surface area contributed by atoms with E-state index in [1.165, 1.54) is 47.8 Å². The molecule has 0 atom stereocenters. The number of aromatic nitrogens is 2. The highest BCUT2D eigenvalue weighted by Crippen LogP contribution is 2.20. The van der Waals surface area contributed by atoms with Gasteiger partial charge in [-0.15, -0.1) is 0 Å². The van der Waals surface area contributed by atoms with Gasteiger partial charge in [0.05, 0.1) is 10.5 Å². The summed E-state index contributed by atoms with van der Waals surface area (Å²) >= 11 is 1.51. The van der Waals surface area contributed by atoms with Crippen LogP contribution in [0.1, 0.15) is 11.4 Å². The van der Waals surface area contributed by atoms with Gasteiger partial charge in [-0.1, -0.05) is 5.16 Å². The van der Waals surface area contributed by atoms with Gasteiger partial charge in [-0.3, -0.25) is 10.1 Å². The summed E-state index contributed by atoms with van der Waals surface area (Å²) in [5.74, 6) is 0.0484. The Morgan fingerprint density at radius 2 is 2.12 bits per heavy atom. The Morgan fingerprint density at radius 1 is 1.32 bits per heavy atom. The molecule has 2 aromatic heterocycles. The molecule has 0 aliphatic rings. The molecule has 0 saturated carbocycles. The van der Waals surface area contributed by atoms with Gasteiger partial charge in [-0.2, -0.15) is 16.3 Å². The average molecular weight is 357 g/mol. The number of benzene rings is 1. The fraction of sp³-hybridized carbons (Fsp3) is 0.0625. The first-order valence-corrected chi connectivity index (χ1v) is 8.00. The largest absolute Gasteiger partial charge is 0.454 e. The number of carbonyl (C=O) groups is 1. The molecule has 0 unspecified atom stereocenters. The van der Waals surface area contributed by atoms with Crippen LogP contribution in [-0.4, -0.2) is 21.0 Å². The number of nitro groups is 1. The SMILES string of the molecule is O=C(/C=C/c1ccc([N+](=O)[O-])cc1)OCc1noc(-c2ccsc2)n1. The van der Waals surface area contributed by atoms with Gasteiger partial charge in [-0.25, -0.2) is 4.79 Å². The predicted octanol–water partition coefficient (Wildman–Crippen LogP) is 3.46. The molecule has 1 aromatic carbocycles. The van der Waals surface area contributed by atoms with Gasteiger partial charge in [0.15, 0.2) is 6.61 Å². The number of nitrogens with zero attached hydrogens (tertiary/aromatic N) is 3. The maximum Gasteiger partial charge on any atom is 0.331 e. The number of hydrogen-bond acceptors (Lipinski definition) is 8. The smallest absolute Gasteiger partial charge is 0.331 e. The number of hydrogen-bond donors (Lipinski definition) is 0. The zero-order valence-electron chi connectivity index (χ0n) is 12.7. The van der Waals surface area contributed by atoms with E-state index in [-0.39, 0.29) is 18.1 Å². The van der Waals surface area contributed by atoms with Crippen molar-refractivity contribution >= 4 is 29.1 Å². The number of carbonyl (C=O) groups excluding carboxylic acids is 1. The molecule has 0 bridgehead atoms. The molecule has 0 aliphatic carbocycles. The standard InChI is InChI=1S/C16H11N3O5S/c20-15(6-3-11-1-4-13(5-2-11)19(21)22)23-9-14-17-16(24-18-14)12-7-8-25-10-12/h1-8,10H,9H2/b6-3+. The van der Waals surface area contributed by atoms with Crippen LogP contribution in [0.15, 0.2) is 51.7 Å². The minimum Gasteiger partial charge on any atom is -0.454 e. The van der Waals surface area contributed by atoms with Gasteiger partial charge < -0.3 is 9.26 Å². The van der Waals surface area contributed by atoms with Crippen molar-refractivity contribution in [2.75, 3.05) is 0 Å². The van der Waals surface area contributed by atoms with E-state index >= 15 is 0 Å². The van der Waals surface area contributed by atoms with E-state index in [0.29, 0.717) is 11.5 Å². The van der Waals surface area contributed by atoms with Gasteiger partial charge in [0.25, 0.3) is 11.6 Å². The molecular weight excluding hydrogens is 346 g/mol. The van der Waals surface area contributed by atoms with Gasteiger partial charge in [-0.05, 0) is 35.2 Å². The topological polar surface area (TPSA) is 108 Å². The summed E-state index contributed by atoms with van der Waals surface area (Å²) in [7, 11) is 0. The number of nitro benzene ring substituents is 1. The van der Waals surface area contributed by atoms with Crippen LogP contribution < -0.4 is 0 Å². The van der Waals surface area contributed by atoms with Crippen molar-refractivity contribution in [2.24, 2.45) is 0 Å². The fourth-order valence-corrected chi connectivity index (χ4v) is 2.50. The van der Waals surface area contributed by atoms with E-state index in [0.717, 1.165) is 5.56 Å². The zero-order chi connectivity index (χ0) is 17.6. The Bertz CT molecular complexity index is 900. The van der Waals surface area contributed by atoms with Crippen molar-refractivity contribution in [2.45, 2.75) is 6.61 Å². The molecule has 2 heterocycles. The maximum absolute atomic E-state index is 11.7. The van der Waals surface area contributed by atoms with E-state index in [9.17, 15) is 14.9 Å². The first kappa shape index (κ1) is 16.5. The number of rotatable bonds is 6. The predicted molar refractivity (Wildman–Crippen MR) is 89.5 cm³/mol. The Kier molecular flexibility index (Phi) is 4.95. The number of esters is 1. The molecule has 8 nitrogen and oxygen atoms in total. The molecule has 0 radical (unpaired) electrons. The third-order valence-corrected chi connectivity index (χ3v) is 3.78. The highest BCUT2D eigenvalue weighted by Gasteiger charge is 2.10. The second-order valence-electron chi connectivity index (χ2n) is 4.82. The highest BCUT2D eigenvalue weighted by molar-refractivity contribution is 7.08. The van der Waals surface area contributed by atoms with Crippen molar-refractivity contribution in [1.29, 1.82) is 0 Å². The summed E-state index contributed by atoms with van der Waals surface area (Å²) in [6.07, 6.45) is 2.72. The summed E-state index contributed by atoms with van der Waals surface area (Å²) < 4.78 is 10.1. The minimum absolute atomic E-state index is 0.0155.